The van der Waals surface area contributed by atoms with E-state index >= 15 is 0 Å². The van der Waals surface area contributed by atoms with Crippen LogP contribution in [0.1, 0.15) is 64.2 Å². The maximum Gasteiger partial charge on any atom is 0.224 e. The van der Waals surface area contributed by atoms with Crippen LogP contribution in [0.15, 0.2) is 36.4 Å². The first-order valence-electron chi connectivity index (χ1n) is 10.4. The van der Waals surface area contributed by atoms with Gasteiger partial charge in [-0.05, 0) is 71.2 Å². The van der Waals surface area contributed by atoms with Gasteiger partial charge in [0.15, 0.2) is 0 Å². The van der Waals surface area contributed by atoms with E-state index in [4.69, 9.17) is 0 Å². The molecule has 0 atom stereocenters. The van der Waals surface area contributed by atoms with Crippen LogP contribution >= 0.6 is 0 Å². The van der Waals surface area contributed by atoms with Gasteiger partial charge in [0, 0.05) is 30.9 Å². The molecule has 1 heterocycles. The van der Waals surface area contributed by atoms with E-state index in [0.29, 0.717) is 6.42 Å². The van der Waals surface area contributed by atoms with Gasteiger partial charge in [0.1, 0.15) is 5.82 Å². The van der Waals surface area contributed by atoms with E-state index in [1.54, 1.807) is 12.1 Å². The highest BCUT2D eigenvalue weighted by molar-refractivity contribution is 5.92. The van der Waals surface area contributed by atoms with Crippen molar-refractivity contribution in [2.24, 2.45) is 5.41 Å². The van der Waals surface area contributed by atoms with Crippen molar-refractivity contribution < 1.29 is 9.18 Å². The number of carbonyl (C=O) groups excluding carboxylic acids is 1. The van der Waals surface area contributed by atoms with Crippen molar-refractivity contribution in [1.82, 2.24) is 0 Å². The molecule has 0 fully saturated rings. The highest BCUT2D eigenvalue weighted by atomic mass is 19.1. The molecule has 1 aliphatic rings. The number of nitrogens with one attached hydrogen (secondary N) is 1. The van der Waals surface area contributed by atoms with Crippen molar-refractivity contribution in [3.05, 3.63) is 58.9 Å². The fourth-order valence-corrected chi connectivity index (χ4v) is 4.03. The van der Waals surface area contributed by atoms with Gasteiger partial charge in [0.05, 0.1) is 0 Å². The maximum absolute atomic E-state index is 13.8. The molecule has 0 unspecified atom stereocenters. The normalized spacial score (nSPS) is 16.2. The quantitative estimate of drug-likeness (QED) is 0.670. The Morgan fingerprint density at radius 1 is 1.17 bits per heavy atom. The Labute approximate surface area is 174 Å². The molecule has 1 N–H and O–H groups in total. The van der Waals surface area contributed by atoms with Gasteiger partial charge in [-0.2, -0.15) is 0 Å². The number of fused-ring (bicyclic) bond motifs is 1. The van der Waals surface area contributed by atoms with Gasteiger partial charge < -0.3 is 10.2 Å². The molecule has 3 nitrogen and oxygen atoms in total. The second kappa shape index (κ2) is 7.81. The first kappa shape index (κ1) is 21.4. The molecular weight excluding hydrogens is 363 g/mol. The van der Waals surface area contributed by atoms with E-state index in [1.165, 1.54) is 5.56 Å². The van der Waals surface area contributed by atoms with E-state index in [1.807, 2.05) is 19.1 Å². The zero-order chi connectivity index (χ0) is 21.4. The predicted molar refractivity (Wildman–Crippen MR) is 119 cm³/mol. The van der Waals surface area contributed by atoms with Crippen LogP contribution in [0.4, 0.5) is 15.8 Å². The summed E-state index contributed by atoms with van der Waals surface area (Å²) in [5.74, 6) is -0.128. The van der Waals surface area contributed by atoms with Crippen molar-refractivity contribution in [3.8, 4) is 0 Å². The highest BCUT2D eigenvalue weighted by Gasteiger charge is 2.29. The molecule has 2 aromatic rings. The highest BCUT2D eigenvalue weighted by Crippen LogP contribution is 2.36. The molecule has 4 heteroatoms. The number of benzene rings is 2. The molecule has 2 aromatic carbocycles. The lowest BCUT2D eigenvalue weighted by atomic mass is 9.80. The summed E-state index contributed by atoms with van der Waals surface area (Å²) in [6, 6.07) is 11.4. The zero-order valence-electron chi connectivity index (χ0n) is 18.5. The maximum atomic E-state index is 13.8. The minimum absolute atomic E-state index is 0.0380. The Bertz CT molecular complexity index is 912. The molecule has 0 radical (unpaired) electrons. The average Bonchev–Trinajstić information content (AvgIpc) is 2.72. The largest absolute Gasteiger partial charge is 0.367 e. The molecule has 156 valence electrons. The Morgan fingerprint density at radius 2 is 1.90 bits per heavy atom. The molecule has 29 heavy (non-hydrogen) atoms. The standard InChI is InChI=1S/C25H33FN2O/c1-17-13-20(9-10-22(17)27-23(29)15-24(2,3)4)28-12-11-25(5,6)21-14-19(26)8-7-18(21)16-28/h7-10,13-14H,11-12,15-16H2,1-6H3,(H,27,29). The van der Waals surface area contributed by atoms with E-state index < -0.39 is 0 Å². The fraction of sp³-hybridized carbons (Fsp3) is 0.480. The Morgan fingerprint density at radius 3 is 2.55 bits per heavy atom. The number of hydrogen-bond acceptors (Lipinski definition) is 2. The summed E-state index contributed by atoms with van der Waals surface area (Å²) >= 11 is 0. The van der Waals surface area contributed by atoms with E-state index in [0.717, 1.165) is 42.0 Å². The second-order valence-corrected chi connectivity index (χ2v) is 10.1. The Hall–Kier alpha value is -2.36. The number of carbonyl (C=O) groups is 1. The molecule has 0 bridgehead atoms. The van der Waals surface area contributed by atoms with Gasteiger partial charge >= 0.3 is 0 Å². The van der Waals surface area contributed by atoms with Crippen molar-refractivity contribution in [3.63, 3.8) is 0 Å². The molecule has 1 aliphatic heterocycles. The van der Waals surface area contributed by atoms with Gasteiger partial charge in [0.25, 0.3) is 0 Å². The van der Waals surface area contributed by atoms with Gasteiger partial charge in [-0.3, -0.25) is 4.79 Å². The third-order valence-corrected chi connectivity index (χ3v) is 5.71. The van der Waals surface area contributed by atoms with Crippen LogP contribution in [0, 0.1) is 18.2 Å². The van der Waals surface area contributed by atoms with Crippen molar-refractivity contribution >= 4 is 17.3 Å². The first-order chi connectivity index (χ1) is 13.4. The predicted octanol–water partition coefficient (Wildman–Crippen LogP) is 6.20. The molecule has 0 saturated heterocycles. The van der Waals surface area contributed by atoms with Crippen LogP contribution < -0.4 is 10.2 Å². The number of hydrogen-bond donors (Lipinski definition) is 1. The van der Waals surface area contributed by atoms with Crippen molar-refractivity contribution in [1.29, 1.82) is 0 Å². The number of nitrogens with zero attached hydrogens (tertiary/aromatic N) is 1. The van der Waals surface area contributed by atoms with E-state index in [9.17, 15) is 9.18 Å². The van der Waals surface area contributed by atoms with Crippen LogP contribution in [0.25, 0.3) is 0 Å². The summed E-state index contributed by atoms with van der Waals surface area (Å²) in [6.45, 7) is 14.3. The van der Waals surface area contributed by atoms with Crippen molar-refractivity contribution in [2.45, 2.75) is 66.3 Å². The average molecular weight is 397 g/mol. The molecular formula is C25H33FN2O. The van der Waals surface area contributed by atoms with Gasteiger partial charge in [-0.25, -0.2) is 4.39 Å². The van der Waals surface area contributed by atoms with Crippen LogP contribution in [0.2, 0.25) is 0 Å². The smallest absolute Gasteiger partial charge is 0.224 e. The summed E-state index contributed by atoms with van der Waals surface area (Å²) in [7, 11) is 0. The minimum atomic E-state index is -0.170. The fourth-order valence-electron chi connectivity index (χ4n) is 4.03. The summed E-state index contributed by atoms with van der Waals surface area (Å²) in [4.78, 5) is 14.6. The lowest BCUT2D eigenvalue weighted by Gasteiger charge is -2.26. The molecule has 3 rings (SSSR count). The van der Waals surface area contributed by atoms with Gasteiger partial charge in [-0.1, -0.05) is 40.7 Å². The molecule has 0 aromatic heterocycles. The SMILES string of the molecule is Cc1cc(N2CCC(C)(C)c3cc(F)ccc3C2)ccc1NC(=O)CC(C)(C)C. The second-order valence-electron chi connectivity index (χ2n) is 10.1. The summed E-state index contributed by atoms with van der Waals surface area (Å²) in [5, 5.41) is 3.05. The first-order valence-corrected chi connectivity index (χ1v) is 10.4. The number of amides is 1. The molecule has 0 saturated carbocycles. The number of aryl methyl sites for hydroxylation is 1. The summed E-state index contributed by atoms with van der Waals surface area (Å²) < 4.78 is 13.8. The molecule has 1 amide bonds. The van der Waals surface area contributed by atoms with E-state index in [2.05, 4.69) is 57.0 Å². The van der Waals surface area contributed by atoms with Crippen LogP contribution in [0.5, 0.6) is 0 Å². The number of rotatable bonds is 3. The number of halogens is 1. The van der Waals surface area contributed by atoms with Crippen LogP contribution in [-0.4, -0.2) is 12.5 Å². The van der Waals surface area contributed by atoms with Crippen molar-refractivity contribution in [2.75, 3.05) is 16.8 Å². The zero-order valence-corrected chi connectivity index (χ0v) is 18.5. The van der Waals surface area contributed by atoms with E-state index in [-0.39, 0.29) is 22.6 Å². The number of anilines is 2. The third kappa shape index (κ3) is 5.17. The minimum Gasteiger partial charge on any atom is -0.367 e. The Balaban J connectivity index is 1.82. The van der Waals surface area contributed by atoms with Gasteiger partial charge in [0.2, 0.25) is 5.91 Å². The Kier molecular flexibility index (Phi) is 5.75. The lowest BCUT2D eigenvalue weighted by molar-refractivity contribution is -0.117. The monoisotopic (exact) mass is 396 g/mol. The summed E-state index contributed by atoms with van der Waals surface area (Å²) in [5.41, 5.74) is 5.21. The summed E-state index contributed by atoms with van der Waals surface area (Å²) in [6.07, 6.45) is 1.44. The topological polar surface area (TPSA) is 32.3 Å². The van der Waals surface area contributed by atoms with Crippen LogP contribution in [-0.2, 0) is 16.8 Å². The molecule has 0 aliphatic carbocycles. The van der Waals surface area contributed by atoms with Crippen LogP contribution in [0.3, 0.4) is 0 Å². The molecule has 0 spiro atoms. The third-order valence-electron chi connectivity index (χ3n) is 5.71. The van der Waals surface area contributed by atoms with Gasteiger partial charge in [-0.15, -0.1) is 0 Å². The lowest BCUT2D eigenvalue weighted by Crippen LogP contribution is -2.25.